The topological polar surface area (TPSA) is 111 Å². The molecule has 0 bridgehead atoms. The summed E-state index contributed by atoms with van der Waals surface area (Å²) in [6, 6.07) is 4.85. The number of hydrogen-bond donors (Lipinski definition) is 2. The highest BCUT2D eigenvalue weighted by molar-refractivity contribution is 5.96. The minimum Gasteiger partial charge on any atom is -0.406 e. The molecule has 13 heteroatoms. The summed E-state index contributed by atoms with van der Waals surface area (Å²) in [5, 5.41) is 9.39. The van der Waals surface area contributed by atoms with Gasteiger partial charge in [-0.15, -0.1) is 13.2 Å². The van der Waals surface area contributed by atoms with Gasteiger partial charge in [0.05, 0.1) is 30.5 Å². The smallest absolute Gasteiger partial charge is 0.406 e. The number of amides is 2. The highest BCUT2D eigenvalue weighted by Crippen LogP contribution is 2.28. The maximum atomic E-state index is 14.5. The number of benzene rings is 1. The van der Waals surface area contributed by atoms with Crippen molar-refractivity contribution in [2.24, 2.45) is 0 Å². The first-order valence-corrected chi connectivity index (χ1v) is 11.1. The zero-order valence-corrected chi connectivity index (χ0v) is 20.6. The van der Waals surface area contributed by atoms with Gasteiger partial charge in [0, 0.05) is 23.7 Å². The molecule has 0 fully saturated rings. The average Bonchev–Trinajstić information content (AvgIpc) is 3.19. The first kappa shape index (κ1) is 25.1. The summed E-state index contributed by atoms with van der Waals surface area (Å²) in [5.41, 5.74) is 1.71. The van der Waals surface area contributed by atoms with Gasteiger partial charge in [-0.25, -0.2) is 13.9 Å². The summed E-state index contributed by atoms with van der Waals surface area (Å²) in [5.74, 6) is -2.54. The molecule has 0 aliphatic rings. The van der Waals surface area contributed by atoms with Crippen LogP contribution < -0.4 is 15.4 Å². The second-order valence-corrected chi connectivity index (χ2v) is 8.35. The van der Waals surface area contributed by atoms with E-state index in [9.17, 15) is 27.2 Å². The van der Waals surface area contributed by atoms with Gasteiger partial charge in [0.15, 0.2) is 11.5 Å². The van der Waals surface area contributed by atoms with E-state index in [4.69, 9.17) is 1.37 Å². The lowest BCUT2D eigenvalue weighted by Crippen LogP contribution is -2.28. The van der Waals surface area contributed by atoms with Crippen molar-refractivity contribution in [2.45, 2.75) is 40.1 Å². The van der Waals surface area contributed by atoms with E-state index in [0.29, 0.717) is 40.2 Å². The number of carbonyl (C=O) groups excluding carboxylic acids is 2. The lowest BCUT2D eigenvalue weighted by Gasteiger charge is -2.18. The van der Waals surface area contributed by atoms with Crippen molar-refractivity contribution >= 4 is 23.3 Å². The molecule has 0 radical (unpaired) electrons. The quantitative estimate of drug-likeness (QED) is 0.343. The number of nitrogens with zero attached hydrogens (tertiary/aromatic N) is 4. The molecule has 3 heterocycles. The fourth-order valence-corrected chi connectivity index (χ4v) is 3.77. The van der Waals surface area contributed by atoms with Gasteiger partial charge in [0.25, 0.3) is 5.91 Å². The second-order valence-electron chi connectivity index (χ2n) is 8.35. The van der Waals surface area contributed by atoms with E-state index in [1.807, 2.05) is 0 Å². The molecule has 1 aromatic carbocycles. The Morgan fingerprint density at radius 2 is 1.84 bits per heavy atom. The van der Waals surface area contributed by atoms with Crippen molar-refractivity contribution in [1.29, 1.82) is 0 Å². The van der Waals surface area contributed by atoms with Gasteiger partial charge in [-0.3, -0.25) is 14.6 Å². The number of rotatable bonds is 6. The van der Waals surface area contributed by atoms with E-state index in [1.165, 1.54) is 23.7 Å². The summed E-state index contributed by atoms with van der Waals surface area (Å²) in [6.07, 6.45) is -3.50. The van der Waals surface area contributed by atoms with Crippen LogP contribution in [-0.4, -0.2) is 37.8 Å². The third-order valence-electron chi connectivity index (χ3n) is 5.42. The van der Waals surface area contributed by atoms with E-state index in [-0.39, 0.29) is 11.5 Å². The van der Waals surface area contributed by atoms with Crippen molar-refractivity contribution in [2.75, 3.05) is 5.32 Å². The summed E-state index contributed by atoms with van der Waals surface area (Å²) in [6.45, 7) is 5.75. The Labute approximate surface area is 215 Å². The monoisotopic (exact) mass is 531 g/mol. The van der Waals surface area contributed by atoms with E-state index in [1.54, 1.807) is 26.0 Å². The highest BCUT2D eigenvalue weighted by atomic mass is 19.4. The number of alkyl halides is 3. The molecular weight excluding hydrogens is 508 g/mol. The number of fused-ring (bicyclic) bond motifs is 1. The van der Waals surface area contributed by atoms with Gasteiger partial charge >= 0.3 is 6.36 Å². The number of nitrogens with one attached hydrogen (secondary N) is 2. The van der Waals surface area contributed by atoms with Crippen LogP contribution in [0.3, 0.4) is 0 Å². The number of ether oxygens (including phenoxy) is 1. The third-order valence-corrected chi connectivity index (χ3v) is 5.42. The molecular formula is C25H22F4N6O3. The van der Waals surface area contributed by atoms with E-state index < -0.39 is 35.4 Å². The fraction of sp³-hybridized carbons (Fsp3) is 0.240. The van der Waals surface area contributed by atoms with Crippen LogP contribution in [0.5, 0.6) is 5.75 Å². The molecule has 4 rings (SSSR count). The minimum absolute atomic E-state index is 0.0450. The van der Waals surface area contributed by atoms with E-state index in [0.717, 1.165) is 19.1 Å². The zero-order chi connectivity index (χ0) is 28.7. The minimum atomic E-state index is -5.02. The van der Waals surface area contributed by atoms with E-state index >= 15 is 0 Å². The number of imidazole rings is 1. The second kappa shape index (κ2) is 10.1. The molecule has 4 aromatic rings. The molecule has 3 aromatic heterocycles. The molecule has 38 heavy (non-hydrogen) atoms. The summed E-state index contributed by atoms with van der Waals surface area (Å²) < 4.78 is 66.2. The number of anilines is 1. The molecule has 0 aliphatic heterocycles. The predicted octanol–water partition coefficient (Wildman–Crippen LogP) is 4.90. The number of hydrogen-bond acceptors (Lipinski definition) is 6. The van der Waals surface area contributed by atoms with Crippen molar-refractivity contribution in [3.05, 3.63) is 70.9 Å². The van der Waals surface area contributed by atoms with Crippen molar-refractivity contribution in [1.82, 2.24) is 24.9 Å². The molecule has 1 atom stereocenters. The standard InChI is InChI=1S/C25H22F4N6O3/c1-12(17-9-16(5-6-20(17)26)38-25(27,28)29)31-24(37)19-10-18(13(2)30-14(19)3)21-7-8-23-33-22(32-15(4)36)11-35(23)34-21/h5-12H,1-4H3,(H,31,37)(H,32,36)/i12D. The maximum absolute atomic E-state index is 14.5. The lowest BCUT2D eigenvalue weighted by atomic mass is 10.0. The highest BCUT2D eigenvalue weighted by Gasteiger charge is 2.31. The first-order valence-electron chi connectivity index (χ1n) is 11.6. The predicted molar refractivity (Wildman–Crippen MR) is 129 cm³/mol. The molecule has 1 unspecified atom stereocenters. The molecule has 198 valence electrons. The van der Waals surface area contributed by atoms with Gasteiger partial charge in [-0.1, -0.05) is 0 Å². The van der Waals surface area contributed by atoms with Crippen LogP contribution in [0.25, 0.3) is 16.9 Å². The summed E-state index contributed by atoms with van der Waals surface area (Å²) >= 11 is 0. The summed E-state index contributed by atoms with van der Waals surface area (Å²) in [7, 11) is 0. The van der Waals surface area contributed by atoms with E-state index in [2.05, 4.69) is 30.4 Å². The number of aromatic nitrogens is 4. The normalized spacial score (nSPS) is 13.5. The van der Waals surface area contributed by atoms with Gasteiger partial charge in [0.1, 0.15) is 11.6 Å². The maximum Gasteiger partial charge on any atom is 0.573 e. The Bertz CT molecular complexity index is 1600. The van der Waals surface area contributed by atoms with Crippen LogP contribution in [0.1, 0.15) is 48.5 Å². The van der Waals surface area contributed by atoms with Crippen LogP contribution in [-0.2, 0) is 4.79 Å². The molecule has 9 nitrogen and oxygen atoms in total. The average molecular weight is 531 g/mol. The Morgan fingerprint density at radius 3 is 2.53 bits per heavy atom. The third kappa shape index (κ3) is 5.88. The molecule has 0 saturated carbocycles. The van der Waals surface area contributed by atoms with Crippen LogP contribution in [0, 0.1) is 19.7 Å². The zero-order valence-electron chi connectivity index (χ0n) is 21.6. The van der Waals surface area contributed by atoms with Crippen LogP contribution in [0.2, 0.25) is 0 Å². The van der Waals surface area contributed by atoms with Gasteiger partial charge in [0.2, 0.25) is 5.91 Å². The molecule has 0 saturated heterocycles. The lowest BCUT2D eigenvalue weighted by molar-refractivity contribution is -0.274. The number of pyridine rings is 1. The number of aryl methyl sites for hydroxylation is 2. The van der Waals surface area contributed by atoms with Gasteiger partial charge < -0.3 is 15.4 Å². The number of halogens is 4. The largest absolute Gasteiger partial charge is 0.573 e. The Balaban J connectivity index is 1.66. The van der Waals surface area contributed by atoms with Crippen LogP contribution in [0.4, 0.5) is 23.4 Å². The molecule has 2 amide bonds. The Kier molecular flexibility index (Phi) is 6.66. The number of carbonyl (C=O) groups is 2. The van der Waals surface area contributed by atoms with Gasteiger partial charge in [-0.2, -0.15) is 5.10 Å². The first-order chi connectivity index (χ1) is 18.1. The molecule has 0 spiro atoms. The summed E-state index contributed by atoms with van der Waals surface area (Å²) in [4.78, 5) is 33.2. The van der Waals surface area contributed by atoms with Crippen molar-refractivity contribution < 1.29 is 33.3 Å². The Hall–Kier alpha value is -4.55. The van der Waals surface area contributed by atoms with Crippen molar-refractivity contribution in [3.63, 3.8) is 0 Å². The fourth-order valence-electron chi connectivity index (χ4n) is 3.77. The van der Waals surface area contributed by atoms with Crippen LogP contribution in [0.15, 0.2) is 42.6 Å². The SMILES string of the molecule is [2H]C(C)(NC(=O)c1cc(-c2ccc3nc(NC(C)=O)cn3n2)c(C)nc1C)c1cc(OC(F)(F)F)ccc1F. The van der Waals surface area contributed by atoms with Crippen molar-refractivity contribution in [3.8, 4) is 17.0 Å². The van der Waals surface area contributed by atoms with Gasteiger partial charge in [-0.05, 0) is 57.2 Å². The molecule has 2 N–H and O–H groups in total. The Morgan fingerprint density at radius 1 is 1.11 bits per heavy atom. The molecule has 0 aliphatic carbocycles. The van der Waals surface area contributed by atoms with Crippen LogP contribution >= 0.6 is 0 Å².